The first-order valence-electron chi connectivity index (χ1n) is 8.86. The van der Waals surface area contributed by atoms with E-state index in [2.05, 4.69) is 24.8 Å². The predicted octanol–water partition coefficient (Wildman–Crippen LogP) is 2.95. The van der Waals surface area contributed by atoms with E-state index in [-0.39, 0.29) is 0 Å². The van der Waals surface area contributed by atoms with Crippen molar-refractivity contribution in [1.82, 2.24) is 19.9 Å². The summed E-state index contributed by atoms with van der Waals surface area (Å²) in [4.78, 5) is 16.7. The van der Waals surface area contributed by atoms with Gasteiger partial charge in [-0.3, -0.25) is 4.90 Å². The van der Waals surface area contributed by atoms with Crippen LogP contribution in [-0.4, -0.2) is 60.3 Å². The summed E-state index contributed by atoms with van der Waals surface area (Å²) in [6, 6.07) is 5.77. The molecular formula is C19H22ClN5O2. The summed E-state index contributed by atoms with van der Waals surface area (Å²) in [7, 11) is 3.27. The number of piperazine rings is 1. The van der Waals surface area contributed by atoms with E-state index in [1.165, 1.54) is 0 Å². The van der Waals surface area contributed by atoms with Gasteiger partial charge in [-0.15, -0.1) is 0 Å². The number of nitrogens with zero attached hydrogens (tertiary/aromatic N) is 4. The van der Waals surface area contributed by atoms with Crippen molar-refractivity contribution in [2.75, 3.05) is 45.3 Å². The number of anilines is 1. The van der Waals surface area contributed by atoms with Gasteiger partial charge in [-0.05, 0) is 23.6 Å². The van der Waals surface area contributed by atoms with Gasteiger partial charge in [0.2, 0.25) is 0 Å². The monoisotopic (exact) mass is 387 g/mol. The van der Waals surface area contributed by atoms with Gasteiger partial charge in [0.05, 0.1) is 20.8 Å². The summed E-state index contributed by atoms with van der Waals surface area (Å²) in [6.45, 7) is 4.44. The molecule has 0 bridgehead atoms. The maximum Gasteiger partial charge on any atom is 0.161 e. The molecule has 7 nitrogen and oxygen atoms in total. The highest BCUT2D eigenvalue weighted by molar-refractivity contribution is 6.30. The highest BCUT2D eigenvalue weighted by atomic mass is 35.5. The molecular weight excluding hydrogens is 366 g/mol. The molecule has 0 saturated carbocycles. The van der Waals surface area contributed by atoms with Crippen LogP contribution in [0.1, 0.15) is 5.82 Å². The Hall–Kier alpha value is -2.51. The van der Waals surface area contributed by atoms with E-state index in [0.717, 1.165) is 55.1 Å². The third-order valence-electron chi connectivity index (χ3n) is 4.88. The lowest BCUT2D eigenvalue weighted by molar-refractivity contribution is 0.244. The minimum Gasteiger partial charge on any atom is -0.493 e. The molecule has 0 amide bonds. The number of fused-ring (bicyclic) bond motifs is 1. The Labute approximate surface area is 162 Å². The molecule has 0 atom stereocenters. The van der Waals surface area contributed by atoms with Crippen molar-refractivity contribution in [2.45, 2.75) is 6.54 Å². The van der Waals surface area contributed by atoms with Crippen LogP contribution in [0.2, 0.25) is 5.15 Å². The summed E-state index contributed by atoms with van der Waals surface area (Å²) >= 11 is 6.30. The van der Waals surface area contributed by atoms with Crippen LogP contribution >= 0.6 is 11.6 Å². The number of H-pyrrole nitrogens is 1. The lowest BCUT2D eigenvalue weighted by Crippen LogP contribution is -2.46. The van der Waals surface area contributed by atoms with Crippen LogP contribution in [0.5, 0.6) is 11.5 Å². The molecule has 1 aliphatic heterocycles. The standard InChI is InChI=1S/C19H22ClN5O2/c1-26-15-9-13-10-17(20)23-19(14(13)11-16(15)27-2)25-7-5-24(6-8-25)12-18-21-3-4-22-18/h3-4,9-11H,5-8,12H2,1-2H3,(H,21,22). The molecule has 3 aromatic rings. The second-order valence-corrected chi connectivity index (χ2v) is 6.88. The normalized spacial score (nSPS) is 15.3. The van der Waals surface area contributed by atoms with Crippen molar-refractivity contribution in [3.63, 3.8) is 0 Å². The first kappa shape index (κ1) is 17.9. The number of halogens is 1. The summed E-state index contributed by atoms with van der Waals surface area (Å²) < 4.78 is 10.9. The number of nitrogens with one attached hydrogen (secondary N) is 1. The van der Waals surface area contributed by atoms with Crippen LogP contribution in [0.4, 0.5) is 5.82 Å². The third kappa shape index (κ3) is 3.65. The minimum absolute atomic E-state index is 0.475. The molecule has 0 radical (unpaired) electrons. The van der Waals surface area contributed by atoms with Crippen LogP contribution in [0, 0.1) is 0 Å². The van der Waals surface area contributed by atoms with E-state index in [9.17, 15) is 0 Å². The van der Waals surface area contributed by atoms with Gasteiger partial charge >= 0.3 is 0 Å². The van der Waals surface area contributed by atoms with Crippen molar-refractivity contribution < 1.29 is 9.47 Å². The van der Waals surface area contributed by atoms with Crippen LogP contribution in [-0.2, 0) is 6.54 Å². The number of imidazole rings is 1. The summed E-state index contributed by atoms with van der Waals surface area (Å²) in [5.41, 5.74) is 0. The molecule has 4 rings (SSSR count). The Morgan fingerprint density at radius 3 is 2.48 bits per heavy atom. The number of methoxy groups -OCH3 is 2. The van der Waals surface area contributed by atoms with Crippen molar-refractivity contribution >= 4 is 28.2 Å². The van der Waals surface area contributed by atoms with Gasteiger partial charge in [0.15, 0.2) is 11.5 Å². The Bertz CT molecular complexity index is 923. The van der Waals surface area contributed by atoms with E-state index in [1.807, 2.05) is 24.4 Å². The lowest BCUT2D eigenvalue weighted by Gasteiger charge is -2.35. The van der Waals surface area contributed by atoms with Crippen LogP contribution < -0.4 is 14.4 Å². The third-order valence-corrected chi connectivity index (χ3v) is 5.08. The molecule has 0 spiro atoms. The topological polar surface area (TPSA) is 66.5 Å². The van der Waals surface area contributed by atoms with Gasteiger partial charge < -0.3 is 19.4 Å². The number of rotatable bonds is 5. The second kappa shape index (κ2) is 7.62. The van der Waals surface area contributed by atoms with Crippen molar-refractivity contribution in [1.29, 1.82) is 0 Å². The average Bonchev–Trinajstić information content (AvgIpc) is 3.20. The fourth-order valence-corrected chi connectivity index (χ4v) is 3.68. The van der Waals surface area contributed by atoms with Crippen LogP contribution in [0.25, 0.3) is 10.8 Å². The fraction of sp³-hybridized carbons (Fsp3) is 0.368. The molecule has 0 unspecified atom stereocenters. The number of aromatic amines is 1. The van der Waals surface area contributed by atoms with E-state index in [4.69, 9.17) is 21.1 Å². The number of hydrogen-bond acceptors (Lipinski definition) is 6. The molecule has 2 aromatic heterocycles. The molecule has 3 heterocycles. The quantitative estimate of drug-likeness (QED) is 0.679. The Morgan fingerprint density at radius 1 is 1.07 bits per heavy atom. The maximum absolute atomic E-state index is 6.30. The zero-order chi connectivity index (χ0) is 18.8. The van der Waals surface area contributed by atoms with Crippen LogP contribution in [0.3, 0.4) is 0 Å². The van der Waals surface area contributed by atoms with Crippen molar-refractivity contribution in [3.8, 4) is 11.5 Å². The van der Waals surface area contributed by atoms with Crippen molar-refractivity contribution in [3.05, 3.63) is 41.6 Å². The summed E-state index contributed by atoms with van der Waals surface area (Å²) in [5, 5.41) is 2.47. The zero-order valence-corrected chi connectivity index (χ0v) is 16.2. The molecule has 142 valence electrons. The smallest absolute Gasteiger partial charge is 0.161 e. The average molecular weight is 388 g/mol. The molecule has 8 heteroatoms. The summed E-state index contributed by atoms with van der Waals surface area (Å²) in [6.07, 6.45) is 3.64. The van der Waals surface area contributed by atoms with Gasteiger partial charge in [-0.25, -0.2) is 9.97 Å². The number of hydrogen-bond donors (Lipinski definition) is 1. The Balaban J connectivity index is 1.60. The van der Waals surface area contributed by atoms with E-state index < -0.39 is 0 Å². The Morgan fingerprint density at radius 2 is 1.81 bits per heavy atom. The van der Waals surface area contributed by atoms with Crippen LogP contribution in [0.15, 0.2) is 30.6 Å². The fourth-order valence-electron chi connectivity index (χ4n) is 3.48. The van der Waals surface area contributed by atoms with Crippen molar-refractivity contribution in [2.24, 2.45) is 0 Å². The van der Waals surface area contributed by atoms with Gasteiger partial charge in [-0.2, -0.15) is 0 Å². The highest BCUT2D eigenvalue weighted by Gasteiger charge is 2.22. The maximum atomic E-state index is 6.30. The predicted molar refractivity (Wildman–Crippen MR) is 106 cm³/mol. The first-order valence-corrected chi connectivity index (χ1v) is 9.23. The largest absolute Gasteiger partial charge is 0.493 e. The van der Waals surface area contributed by atoms with Gasteiger partial charge in [0, 0.05) is 44.0 Å². The zero-order valence-electron chi connectivity index (χ0n) is 15.4. The van der Waals surface area contributed by atoms with Gasteiger partial charge in [0.1, 0.15) is 16.8 Å². The first-order chi connectivity index (χ1) is 13.2. The lowest BCUT2D eigenvalue weighted by atomic mass is 10.1. The van der Waals surface area contributed by atoms with Gasteiger partial charge in [0.25, 0.3) is 0 Å². The SMILES string of the molecule is COc1cc2cc(Cl)nc(N3CCN(Cc4ncc[nH]4)CC3)c2cc1OC. The molecule has 1 aliphatic rings. The molecule has 0 aliphatic carbocycles. The molecule has 27 heavy (non-hydrogen) atoms. The summed E-state index contributed by atoms with van der Waals surface area (Å²) in [5.74, 6) is 3.25. The van der Waals surface area contributed by atoms with E-state index >= 15 is 0 Å². The van der Waals surface area contributed by atoms with E-state index in [0.29, 0.717) is 16.7 Å². The highest BCUT2D eigenvalue weighted by Crippen LogP contribution is 2.37. The number of pyridine rings is 1. The Kier molecular flexibility index (Phi) is 5.05. The second-order valence-electron chi connectivity index (χ2n) is 6.50. The minimum atomic E-state index is 0.475. The molecule has 1 fully saturated rings. The molecule has 1 saturated heterocycles. The number of ether oxygens (including phenoxy) is 2. The number of benzene rings is 1. The molecule has 1 N–H and O–H groups in total. The number of aromatic nitrogens is 3. The molecule has 1 aromatic carbocycles. The van der Waals surface area contributed by atoms with E-state index in [1.54, 1.807) is 20.4 Å². The van der Waals surface area contributed by atoms with Gasteiger partial charge in [-0.1, -0.05) is 11.6 Å².